The molecule has 1 atom stereocenters. The first-order valence-electron chi connectivity index (χ1n) is 6.78. The minimum atomic E-state index is 0.581. The predicted molar refractivity (Wildman–Crippen MR) is 77.9 cm³/mol. The minimum absolute atomic E-state index is 0.581. The lowest BCUT2D eigenvalue weighted by Gasteiger charge is -2.25. The fourth-order valence-electron chi connectivity index (χ4n) is 2.62. The van der Waals surface area contributed by atoms with Gasteiger partial charge in [-0.25, -0.2) is 0 Å². The Morgan fingerprint density at radius 2 is 1.65 bits per heavy atom. The van der Waals surface area contributed by atoms with Crippen molar-refractivity contribution in [2.45, 2.75) is 31.6 Å². The molecule has 1 unspecified atom stereocenters. The Balaban J connectivity index is 1.94. The van der Waals surface area contributed by atoms with E-state index >= 15 is 0 Å². The molecule has 17 heavy (non-hydrogen) atoms. The number of rotatable bonds is 4. The lowest BCUT2D eigenvalue weighted by atomic mass is 10.0. The number of hydrogen-bond donors (Lipinski definition) is 1. The highest BCUT2D eigenvalue weighted by Crippen LogP contribution is 2.20. The highest BCUT2D eigenvalue weighted by molar-refractivity contribution is 7.80. The van der Waals surface area contributed by atoms with E-state index in [1.807, 2.05) is 0 Å². The molecule has 0 saturated carbocycles. The van der Waals surface area contributed by atoms with E-state index in [0.29, 0.717) is 5.92 Å². The molecule has 1 aliphatic rings. The van der Waals surface area contributed by atoms with E-state index in [0.717, 1.165) is 5.75 Å². The summed E-state index contributed by atoms with van der Waals surface area (Å²) in [6.07, 6.45) is 5.56. The molecule has 0 bridgehead atoms. The van der Waals surface area contributed by atoms with Crippen molar-refractivity contribution in [1.82, 2.24) is 4.90 Å². The van der Waals surface area contributed by atoms with Crippen LogP contribution in [-0.4, -0.2) is 30.3 Å². The third-order valence-electron chi connectivity index (χ3n) is 3.67. The Kier molecular flexibility index (Phi) is 5.40. The van der Waals surface area contributed by atoms with Crippen LogP contribution in [0, 0.1) is 0 Å². The topological polar surface area (TPSA) is 3.24 Å². The molecule has 1 heterocycles. The molecule has 0 radical (unpaired) electrons. The van der Waals surface area contributed by atoms with Crippen LogP contribution in [0.5, 0.6) is 0 Å². The van der Waals surface area contributed by atoms with Gasteiger partial charge < -0.3 is 4.90 Å². The molecular weight excluding hydrogens is 226 g/mol. The molecule has 1 aromatic rings. The van der Waals surface area contributed by atoms with Crippen LogP contribution in [-0.2, 0) is 0 Å². The first-order chi connectivity index (χ1) is 8.40. The molecule has 1 aromatic carbocycles. The van der Waals surface area contributed by atoms with E-state index in [9.17, 15) is 0 Å². The van der Waals surface area contributed by atoms with Crippen molar-refractivity contribution in [3.63, 3.8) is 0 Å². The Morgan fingerprint density at radius 1 is 1.00 bits per heavy atom. The summed E-state index contributed by atoms with van der Waals surface area (Å²) in [5.41, 5.74) is 1.44. The van der Waals surface area contributed by atoms with Crippen LogP contribution in [0.4, 0.5) is 0 Å². The van der Waals surface area contributed by atoms with Gasteiger partial charge in [-0.1, -0.05) is 43.2 Å². The van der Waals surface area contributed by atoms with Gasteiger partial charge in [0.05, 0.1) is 0 Å². The minimum Gasteiger partial charge on any atom is -0.303 e. The van der Waals surface area contributed by atoms with E-state index in [2.05, 4.69) is 47.9 Å². The summed E-state index contributed by atoms with van der Waals surface area (Å²) in [5, 5.41) is 0. The van der Waals surface area contributed by atoms with Gasteiger partial charge in [0.15, 0.2) is 0 Å². The van der Waals surface area contributed by atoms with Crippen LogP contribution in [0.1, 0.15) is 37.2 Å². The first kappa shape index (κ1) is 13.0. The lowest BCUT2D eigenvalue weighted by molar-refractivity contribution is 0.272. The standard InChI is InChI=1S/C15H23NS/c17-13-15(14-8-4-3-5-9-14)12-16-10-6-1-2-7-11-16/h3-5,8-9,15,17H,1-2,6-7,10-13H2. The fraction of sp³-hybridized carbons (Fsp3) is 0.600. The third kappa shape index (κ3) is 4.04. The zero-order valence-corrected chi connectivity index (χ0v) is 11.4. The molecule has 2 rings (SSSR count). The fourth-order valence-corrected chi connectivity index (χ4v) is 2.95. The maximum atomic E-state index is 4.53. The smallest absolute Gasteiger partial charge is 0.00581 e. The van der Waals surface area contributed by atoms with Gasteiger partial charge in [0, 0.05) is 12.5 Å². The quantitative estimate of drug-likeness (QED) is 0.798. The summed E-state index contributed by atoms with van der Waals surface area (Å²) in [5.74, 6) is 1.53. The second kappa shape index (κ2) is 7.07. The van der Waals surface area contributed by atoms with Crippen molar-refractivity contribution in [1.29, 1.82) is 0 Å². The van der Waals surface area contributed by atoms with Crippen molar-refractivity contribution < 1.29 is 0 Å². The molecule has 0 spiro atoms. The number of benzene rings is 1. The normalized spacial score (nSPS) is 19.8. The maximum Gasteiger partial charge on any atom is 0.00581 e. The molecule has 0 aliphatic carbocycles. The second-order valence-electron chi connectivity index (χ2n) is 5.01. The van der Waals surface area contributed by atoms with Crippen molar-refractivity contribution >= 4 is 12.6 Å². The molecule has 2 heteroatoms. The van der Waals surface area contributed by atoms with Crippen molar-refractivity contribution in [2.24, 2.45) is 0 Å². The van der Waals surface area contributed by atoms with Crippen LogP contribution >= 0.6 is 12.6 Å². The van der Waals surface area contributed by atoms with E-state index in [1.165, 1.54) is 50.9 Å². The Bertz CT molecular complexity index is 304. The van der Waals surface area contributed by atoms with Crippen molar-refractivity contribution in [3.8, 4) is 0 Å². The first-order valence-corrected chi connectivity index (χ1v) is 7.41. The molecule has 1 nitrogen and oxygen atoms in total. The molecule has 94 valence electrons. The van der Waals surface area contributed by atoms with Crippen LogP contribution in [0.3, 0.4) is 0 Å². The van der Waals surface area contributed by atoms with Gasteiger partial charge >= 0.3 is 0 Å². The summed E-state index contributed by atoms with van der Waals surface area (Å²) in [4.78, 5) is 2.63. The number of thiol groups is 1. The highest BCUT2D eigenvalue weighted by atomic mass is 32.1. The molecule has 0 aromatic heterocycles. The SMILES string of the molecule is SCC(CN1CCCCCC1)c1ccccc1. The van der Waals surface area contributed by atoms with Crippen LogP contribution in [0.25, 0.3) is 0 Å². The molecule has 1 aliphatic heterocycles. The summed E-state index contributed by atoms with van der Waals surface area (Å²) in [6.45, 7) is 3.72. The van der Waals surface area contributed by atoms with Gasteiger partial charge in [-0.3, -0.25) is 0 Å². The summed E-state index contributed by atoms with van der Waals surface area (Å²) in [6, 6.07) is 10.8. The van der Waals surface area contributed by atoms with Gasteiger partial charge in [-0.2, -0.15) is 12.6 Å². The maximum absolute atomic E-state index is 4.53. The van der Waals surface area contributed by atoms with Crippen molar-refractivity contribution in [3.05, 3.63) is 35.9 Å². The van der Waals surface area contributed by atoms with Gasteiger partial charge in [-0.15, -0.1) is 0 Å². The summed E-state index contributed by atoms with van der Waals surface area (Å²) >= 11 is 4.53. The summed E-state index contributed by atoms with van der Waals surface area (Å²) < 4.78 is 0. The Morgan fingerprint density at radius 3 is 2.24 bits per heavy atom. The van der Waals surface area contributed by atoms with Gasteiger partial charge in [0.1, 0.15) is 0 Å². The van der Waals surface area contributed by atoms with E-state index in [4.69, 9.17) is 0 Å². The number of hydrogen-bond acceptors (Lipinski definition) is 2. The van der Waals surface area contributed by atoms with Crippen LogP contribution in [0.15, 0.2) is 30.3 Å². The molecule has 1 saturated heterocycles. The van der Waals surface area contributed by atoms with E-state index in [1.54, 1.807) is 0 Å². The Hall–Kier alpha value is -0.470. The highest BCUT2D eigenvalue weighted by Gasteiger charge is 2.15. The van der Waals surface area contributed by atoms with Gasteiger partial charge in [0.25, 0.3) is 0 Å². The number of nitrogens with zero attached hydrogens (tertiary/aromatic N) is 1. The lowest BCUT2D eigenvalue weighted by Crippen LogP contribution is -2.30. The van der Waals surface area contributed by atoms with E-state index in [-0.39, 0.29) is 0 Å². The zero-order valence-electron chi connectivity index (χ0n) is 10.5. The molecular formula is C15H23NS. The predicted octanol–water partition coefficient (Wildman–Crippen LogP) is 3.58. The van der Waals surface area contributed by atoms with Gasteiger partial charge in [-0.05, 0) is 37.2 Å². The van der Waals surface area contributed by atoms with Crippen LogP contribution < -0.4 is 0 Å². The largest absolute Gasteiger partial charge is 0.303 e. The average Bonchev–Trinajstić information content (AvgIpc) is 2.65. The second-order valence-corrected chi connectivity index (χ2v) is 5.37. The third-order valence-corrected chi connectivity index (χ3v) is 4.11. The molecule has 0 N–H and O–H groups in total. The van der Waals surface area contributed by atoms with Crippen molar-refractivity contribution in [2.75, 3.05) is 25.4 Å². The number of likely N-dealkylation sites (tertiary alicyclic amines) is 1. The van der Waals surface area contributed by atoms with Gasteiger partial charge in [0.2, 0.25) is 0 Å². The zero-order chi connectivity index (χ0) is 11.9. The molecule has 0 amide bonds. The van der Waals surface area contributed by atoms with E-state index < -0.39 is 0 Å². The van der Waals surface area contributed by atoms with Crippen LogP contribution in [0.2, 0.25) is 0 Å². The average molecular weight is 249 g/mol. The molecule has 1 fully saturated rings. The summed E-state index contributed by atoms with van der Waals surface area (Å²) in [7, 11) is 0. The monoisotopic (exact) mass is 249 g/mol. The Labute approximate surface area is 111 Å².